The first-order valence-electron chi connectivity index (χ1n) is 16.0. The number of rotatable bonds is 13. The molecule has 0 radical (unpaired) electrons. The maximum Gasteiger partial charge on any atom is 0.273 e. The number of anilines is 2. The molecule has 47 heavy (non-hydrogen) atoms. The van der Waals surface area contributed by atoms with Gasteiger partial charge in [-0.3, -0.25) is 19.3 Å². The number of carbonyl (C=O) groups excluding carboxylic acids is 3. The van der Waals surface area contributed by atoms with Crippen LogP contribution in [0.2, 0.25) is 0 Å². The summed E-state index contributed by atoms with van der Waals surface area (Å²) >= 11 is 0.851. The fourth-order valence-corrected chi connectivity index (χ4v) is 6.49. The number of methoxy groups -OCH3 is 1. The number of hydrogen-bond acceptors (Lipinski definition) is 8. The van der Waals surface area contributed by atoms with Crippen LogP contribution in [-0.2, 0) is 11.2 Å². The Bertz CT molecular complexity index is 1640. The van der Waals surface area contributed by atoms with E-state index < -0.39 is 17.9 Å². The highest BCUT2D eigenvalue weighted by atomic mass is 32.1. The third-order valence-electron chi connectivity index (χ3n) is 8.22. The van der Waals surface area contributed by atoms with E-state index in [0.29, 0.717) is 42.3 Å². The van der Waals surface area contributed by atoms with Gasteiger partial charge in [-0.2, -0.15) is 4.37 Å². The van der Waals surface area contributed by atoms with Gasteiger partial charge in [-0.15, -0.1) is 0 Å². The lowest BCUT2D eigenvalue weighted by Crippen LogP contribution is -2.44. The van der Waals surface area contributed by atoms with Gasteiger partial charge in [0.25, 0.3) is 11.8 Å². The molecule has 0 saturated heterocycles. The van der Waals surface area contributed by atoms with E-state index in [1.165, 1.54) is 4.90 Å². The predicted molar refractivity (Wildman–Crippen MR) is 184 cm³/mol. The zero-order chi connectivity index (χ0) is 33.2. The lowest BCUT2D eigenvalue weighted by molar-refractivity contribution is -0.122. The number of nitrogen functional groups attached to an aromatic ring is 1. The van der Waals surface area contributed by atoms with Crippen LogP contribution in [0.15, 0.2) is 78.9 Å². The van der Waals surface area contributed by atoms with Crippen LogP contribution >= 0.6 is 11.5 Å². The second-order valence-electron chi connectivity index (χ2n) is 11.4. The van der Waals surface area contributed by atoms with Gasteiger partial charge >= 0.3 is 0 Å². The van der Waals surface area contributed by atoms with Gasteiger partial charge in [0.15, 0.2) is 5.69 Å². The fourth-order valence-electron chi connectivity index (χ4n) is 5.75. The summed E-state index contributed by atoms with van der Waals surface area (Å²) in [7, 11) is 1.56. The molecule has 3 aromatic carbocycles. The van der Waals surface area contributed by atoms with Crippen molar-refractivity contribution in [2.45, 2.75) is 57.5 Å². The van der Waals surface area contributed by atoms with Crippen molar-refractivity contribution in [2.24, 2.45) is 0 Å². The van der Waals surface area contributed by atoms with Crippen LogP contribution in [0.3, 0.4) is 0 Å². The molecule has 1 atom stereocenters. The van der Waals surface area contributed by atoms with E-state index in [-0.39, 0.29) is 28.2 Å². The second kappa shape index (κ2) is 16.1. The number of nitrogens with one attached hydrogen (secondary N) is 2. The van der Waals surface area contributed by atoms with Gasteiger partial charge in [-0.1, -0.05) is 61.7 Å². The third-order valence-corrected chi connectivity index (χ3v) is 9.07. The minimum atomic E-state index is -1.09. The molecule has 0 aliphatic heterocycles. The highest BCUT2D eigenvalue weighted by Gasteiger charge is 2.36. The monoisotopic (exact) mass is 655 g/mol. The highest BCUT2D eigenvalue weighted by molar-refractivity contribution is 7.09. The van der Waals surface area contributed by atoms with Crippen molar-refractivity contribution in [3.05, 3.63) is 101 Å². The van der Waals surface area contributed by atoms with Gasteiger partial charge in [-0.25, -0.2) is 0 Å². The maximum atomic E-state index is 14.6. The van der Waals surface area contributed by atoms with E-state index in [2.05, 4.69) is 15.0 Å². The number of nitrogens with two attached hydrogens (primary N) is 1. The molecule has 1 saturated carbocycles. The Morgan fingerprint density at radius 1 is 0.957 bits per heavy atom. The van der Waals surface area contributed by atoms with Gasteiger partial charge in [0.2, 0.25) is 5.91 Å². The Balaban J connectivity index is 1.51. The van der Waals surface area contributed by atoms with Crippen molar-refractivity contribution in [1.29, 1.82) is 0 Å². The number of ether oxygens (including phenoxy) is 2. The number of hydrogen-bond donors (Lipinski definition) is 3. The maximum absolute atomic E-state index is 14.6. The van der Waals surface area contributed by atoms with Crippen molar-refractivity contribution in [3.63, 3.8) is 0 Å². The Labute approximate surface area is 279 Å². The fraction of sp³-hybridized carbons (Fsp3) is 0.333. The molecule has 246 valence electrons. The standard InChI is InChI=1S/C36H41N5O5S/c1-3-46-29-20-16-27(17-21-29)41(36(44)33-30(37)31(40-47-33)34(42)39-26-12-8-5-9-13-26)32(25-14-18-28(45-2)19-15-25)35(43)38-23-22-24-10-6-4-7-11-24/h4,6-7,10-11,14-21,26,32H,3,5,8-9,12-13,22-23,37H2,1-2H3,(H,38,43)(H,39,42). The molecule has 3 amide bonds. The van der Waals surface area contributed by atoms with Crippen molar-refractivity contribution in [2.75, 3.05) is 30.9 Å². The molecule has 1 heterocycles. The van der Waals surface area contributed by atoms with E-state index in [9.17, 15) is 14.4 Å². The Hall–Kier alpha value is -4.90. The van der Waals surface area contributed by atoms with Crippen LogP contribution in [0.1, 0.15) is 76.4 Å². The van der Waals surface area contributed by atoms with E-state index in [0.717, 1.165) is 49.2 Å². The normalized spacial score (nSPS) is 13.7. The minimum Gasteiger partial charge on any atom is -0.497 e. The summed E-state index contributed by atoms with van der Waals surface area (Å²) in [6.45, 7) is 2.72. The van der Waals surface area contributed by atoms with Gasteiger partial charge < -0.3 is 25.8 Å². The van der Waals surface area contributed by atoms with Crippen LogP contribution in [0.4, 0.5) is 11.4 Å². The number of aromatic nitrogens is 1. The van der Waals surface area contributed by atoms with E-state index >= 15 is 0 Å². The first-order chi connectivity index (χ1) is 22.9. The molecule has 1 aliphatic rings. The Morgan fingerprint density at radius 3 is 2.30 bits per heavy atom. The average molecular weight is 656 g/mol. The Kier molecular flexibility index (Phi) is 11.5. The molecule has 5 rings (SSSR count). The first kappa shape index (κ1) is 33.5. The largest absolute Gasteiger partial charge is 0.497 e. The lowest BCUT2D eigenvalue weighted by atomic mass is 9.95. The summed E-state index contributed by atoms with van der Waals surface area (Å²) in [5.41, 5.74) is 8.57. The molecular weight excluding hydrogens is 614 g/mol. The van der Waals surface area contributed by atoms with E-state index in [4.69, 9.17) is 15.2 Å². The summed E-state index contributed by atoms with van der Waals surface area (Å²) in [5, 5.41) is 6.07. The first-order valence-corrected chi connectivity index (χ1v) is 16.7. The summed E-state index contributed by atoms with van der Waals surface area (Å²) in [6.07, 6.45) is 5.67. The molecule has 0 bridgehead atoms. The van der Waals surface area contributed by atoms with Crippen LogP contribution in [0.25, 0.3) is 0 Å². The zero-order valence-corrected chi connectivity index (χ0v) is 27.6. The molecule has 1 aliphatic carbocycles. The van der Waals surface area contributed by atoms with Crippen molar-refractivity contribution >= 4 is 40.6 Å². The molecular formula is C36H41N5O5S. The number of nitrogens with zero attached hydrogens (tertiary/aromatic N) is 2. The summed E-state index contributed by atoms with van der Waals surface area (Å²) in [4.78, 5) is 43.4. The summed E-state index contributed by atoms with van der Waals surface area (Å²) in [6, 6.07) is 22.8. The summed E-state index contributed by atoms with van der Waals surface area (Å²) in [5.74, 6) is -0.110. The average Bonchev–Trinajstić information content (AvgIpc) is 3.49. The molecule has 4 N–H and O–H groups in total. The smallest absolute Gasteiger partial charge is 0.273 e. The molecule has 0 spiro atoms. The van der Waals surface area contributed by atoms with E-state index in [1.807, 2.05) is 37.3 Å². The van der Waals surface area contributed by atoms with Crippen LogP contribution in [0, 0.1) is 0 Å². The van der Waals surface area contributed by atoms with Crippen LogP contribution < -0.4 is 30.7 Å². The lowest BCUT2D eigenvalue weighted by Gasteiger charge is -2.31. The second-order valence-corrected chi connectivity index (χ2v) is 12.2. The molecule has 10 nitrogen and oxygen atoms in total. The van der Waals surface area contributed by atoms with Crippen LogP contribution in [-0.4, -0.2) is 48.4 Å². The van der Waals surface area contributed by atoms with Gasteiger partial charge in [0.05, 0.1) is 19.4 Å². The van der Waals surface area contributed by atoms with Gasteiger partial charge in [0.1, 0.15) is 22.4 Å². The SMILES string of the molecule is CCOc1ccc(N(C(=O)c2snc(C(=O)NC3CCCCC3)c2N)C(C(=O)NCCc2ccccc2)c2ccc(OC)cc2)cc1. The third kappa shape index (κ3) is 8.28. The zero-order valence-electron chi connectivity index (χ0n) is 26.7. The van der Waals surface area contributed by atoms with Gasteiger partial charge in [0, 0.05) is 18.3 Å². The van der Waals surface area contributed by atoms with Crippen LogP contribution in [0.5, 0.6) is 11.5 Å². The molecule has 1 fully saturated rings. The topological polar surface area (TPSA) is 136 Å². The van der Waals surface area contributed by atoms with Crippen molar-refractivity contribution < 1.29 is 23.9 Å². The molecule has 4 aromatic rings. The van der Waals surface area contributed by atoms with Crippen molar-refractivity contribution in [1.82, 2.24) is 15.0 Å². The molecule has 11 heteroatoms. The Morgan fingerprint density at radius 2 is 1.64 bits per heavy atom. The van der Waals surface area contributed by atoms with Gasteiger partial charge in [-0.05, 0) is 85.2 Å². The quantitative estimate of drug-likeness (QED) is 0.162. The number of amides is 3. The molecule has 1 unspecified atom stereocenters. The molecule has 1 aromatic heterocycles. The van der Waals surface area contributed by atoms with E-state index in [1.54, 1.807) is 55.6 Å². The summed E-state index contributed by atoms with van der Waals surface area (Å²) < 4.78 is 15.3. The highest BCUT2D eigenvalue weighted by Crippen LogP contribution is 2.35. The predicted octanol–water partition coefficient (Wildman–Crippen LogP) is 5.94. The number of carbonyl (C=O) groups is 3. The number of benzene rings is 3. The minimum absolute atomic E-state index is 0.0118. The van der Waals surface area contributed by atoms with Crippen molar-refractivity contribution in [3.8, 4) is 11.5 Å².